The van der Waals surface area contributed by atoms with Gasteiger partial charge in [-0.1, -0.05) is 90.0 Å². The van der Waals surface area contributed by atoms with Crippen LogP contribution in [0, 0.1) is 0 Å². The molecule has 0 aliphatic carbocycles. The fourth-order valence-electron chi connectivity index (χ4n) is 3.14. The van der Waals surface area contributed by atoms with Gasteiger partial charge in [-0.15, -0.1) is 0 Å². The normalized spacial score (nSPS) is 12.9. The summed E-state index contributed by atoms with van der Waals surface area (Å²) < 4.78 is 0. The molecule has 0 aromatic carbocycles. The van der Waals surface area contributed by atoms with Crippen LogP contribution in [0.3, 0.4) is 0 Å². The molecule has 3 nitrogen and oxygen atoms in total. The smallest absolute Gasteiger partial charge is 0.129 e. The number of allylic oxidation sites excluding steroid dienone is 1. The van der Waals surface area contributed by atoms with Crippen molar-refractivity contribution in [3.63, 3.8) is 0 Å². The molecule has 0 aliphatic rings. The predicted molar refractivity (Wildman–Crippen MR) is 111 cm³/mol. The maximum Gasteiger partial charge on any atom is 0.129 e. The molecule has 1 atom stereocenters. The van der Waals surface area contributed by atoms with Gasteiger partial charge in [0.1, 0.15) is 5.82 Å². The molecule has 0 aliphatic heterocycles. The standard InChI is InChI=1S/C22H41N3/c1-3-4-5-6-7-8-9-10-11-12-13-14-15-16-17-18-22-24-19-21(25-22)20(2)23/h17-20H,3-16,23H2,1-2H3,(H,24,25). The predicted octanol–water partition coefficient (Wildman–Crippen LogP) is 6.92. The van der Waals surface area contributed by atoms with Gasteiger partial charge in [0.2, 0.25) is 0 Å². The molecule has 3 N–H and O–H groups in total. The lowest BCUT2D eigenvalue weighted by Gasteiger charge is -2.02. The molecule has 0 amide bonds. The number of aromatic nitrogens is 2. The van der Waals surface area contributed by atoms with E-state index in [2.05, 4.69) is 29.0 Å². The first-order chi connectivity index (χ1) is 12.2. The summed E-state index contributed by atoms with van der Waals surface area (Å²) in [6, 6.07) is 0.0238. The Bertz CT molecular complexity index is 434. The topological polar surface area (TPSA) is 54.7 Å². The van der Waals surface area contributed by atoms with Crippen LogP contribution in [-0.4, -0.2) is 9.97 Å². The van der Waals surface area contributed by atoms with Crippen LogP contribution in [0.2, 0.25) is 0 Å². The summed E-state index contributed by atoms with van der Waals surface area (Å²) in [5, 5.41) is 0. The van der Waals surface area contributed by atoms with Crippen molar-refractivity contribution < 1.29 is 0 Å². The summed E-state index contributed by atoms with van der Waals surface area (Å²) in [4.78, 5) is 7.56. The first kappa shape index (κ1) is 22.0. The van der Waals surface area contributed by atoms with Gasteiger partial charge in [-0.2, -0.15) is 0 Å². The highest BCUT2D eigenvalue weighted by Crippen LogP contribution is 2.13. The van der Waals surface area contributed by atoms with Crippen LogP contribution in [0.4, 0.5) is 0 Å². The van der Waals surface area contributed by atoms with Crippen LogP contribution >= 0.6 is 0 Å². The van der Waals surface area contributed by atoms with E-state index in [0.717, 1.165) is 17.9 Å². The maximum absolute atomic E-state index is 5.82. The molecule has 3 heteroatoms. The van der Waals surface area contributed by atoms with E-state index in [9.17, 15) is 0 Å². The number of nitrogens with zero attached hydrogens (tertiary/aromatic N) is 1. The highest BCUT2D eigenvalue weighted by molar-refractivity contribution is 5.40. The van der Waals surface area contributed by atoms with E-state index in [-0.39, 0.29) is 6.04 Å². The lowest BCUT2D eigenvalue weighted by molar-refractivity contribution is 0.540. The van der Waals surface area contributed by atoms with Crippen molar-refractivity contribution in [2.75, 3.05) is 0 Å². The van der Waals surface area contributed by atoms with Crippen LogP contribution in [-0.2, 0) is 0 Å². The SMILES string of the molecule is CCCCCCCCCCCCCCCC=Cc1ncc(C(C)N)[nH]1. The van der Waals surface area contributed by atoms with Gasteiger partial charge in [-0.3, -0.25) is 0 Å². The summed E-state index contributed by atoms with van der Waals surface area (Å²) in [6.45, 7) is 4.25. The molecule has 0 saturated carbocycles. The van der Waals surface area contributed by atoms with Gasteiger partial charge >= 0.3 is 0 Å². The summed E-state index contributed by atoms with van der Waals surface area (Å²) in [5.74, 6) is 0.919. The number of aromatic amines is 1. The Balaban J connectivity index is 1.85. The minimum atomic E-state index is 0.0238. The number of nitrogens with one attached hydrogen (secondary N) is 1. The second-order valence-electron chi connectivity index (χ2n) is 7.45. The molecule has 0 spiro atoms. The fraction of sp³-hybridized carbons (Fsp3) is 0.773. The number of hydrogen-bond acceptors (Lipinski definition) is 2. The summed E-state index contributed by atoms with van der Waals surface area (Å²) >= 11 is 0. The van der Waals surface area contributed by atoms with E-state index in [1.165, 1.54) is 83.5 Å². The molecular weight excluding hydrogens is 306 g/mol. The van der Waals surface area contributed by atoms with Crippen molar-refractivity contribution >= 4 is 6.08 Å². The van der Waals surface area contributed by atoms with Gasteiger partial charge in [0.25, 0.3) is 0 Å². The van der Waals surface area contributed by atoms with Crippen LogP contribution in [0.25, 0.3) is 6.08 Å². The van der Waals surface area contributed by atoms with Crippen LogP contribution in [0.5, 0.6) is 0 Å². The zero-order valence-electron chi connectivity index (χ0n) is 16.7. The van der Waals surface area contributed by atoms with E-state index in [4.69, 9.17) is 5.73 Å². The lowest BCUT2D eigenvalue weighted by Crippen LogP contribution is -2.04. The Kier molecular flexibility index (Phi) is 13.3. The van der Waals surface area contributed by atoms with Crippen molar-refractivity contribution in [3.8, 4) is 0 Å². The average molecular weight is 348 g/mol. The molecule has 0 bridgehead atoms. The molecule has 1 heterocycles. The number of hydrogen-bond donors (Lipinski definition) is 2. The molecule has 1 rings (SSSR count). The van der Waals surface area contributed by atoms with Gasteiger partial charge in [0, 0.05) is 6.04 Å². The quantitative estimate of drug-likeness (QED) is 0.319. The Hall–Kier alpha value is -1.09. The molecule has 144 valence electrons. The first-order valence-corrected chi connectivity index (χ1v) is 10.7. The van der Waals surface area contributed by atoms with Crippen molar-refractivity contribution in [1.82, 2.24) is 9.97 Å². The fourth-order valence-corrected chi connectivity index (χ4v) is 3.14. The second kappa shape index (κ2) is 15.2. The highest BCUT2D eigenvalue weighted by Gasteiger charge is 2.01. The zero-order chi connectivity index (χ0) is 18.2. The first-order valence-electron chi connectivity index (χ1n) is 10.7. The largest absolute Gasteiger partial charge is 0.341 e. The van der Waals surface area contributed by atoms with E-state index >= 15 is 0 Å². The van der Waals surface area contributed by atoms with Gasteiger partial charge in [-0.05, 0) is 25.8 Å². The summed E-state index contributed by atoms with van der Waals surface area (Å²) in [5.41, 5.74) is 6.82. The van der Waals surface area contributed by atoms with Crippen LogP contribution < -0.4 is 5.73 Å². The van der Waals surface area contributed by atoms with E-state index in [1.807, 2.05) is 13.1 Å². The molecule has 25 heavy (non-hydrogen) atoms. The van der Waals surface area contributed by atoms with E-state index in [0.29, 0.717) is 0 Å². The number of imidazole rings is 1. The Labute approximate surface area is 155 Å². The van der Waals surface area contributed by atoms with Gasteiger partial charge in [0.15, 0.2) is 0 Å². The Morgan fingerprint density at radius 2 is 1.44 bits per heavy atom. The third-order valence-electron chi connectivity index (χ3n) is 4.86. The molecule has 1 aromatic rings. The van der Waals surface area contributed by atoms with Crippen LogP contribution in [0.1, 0.15) is 121 Å². The Morgan fingerprint density at radius 1 is 0.920 bits per heavy atom. The van der Waals surface area contributed by atoms with Gasteiger partial charge < -0.3 is 10.7 Å². The van der Waals surface area contributed by atoms with Crippen molar-refractivity contribution in [3.05, 3.63) is 23.8 Å². The monoisotopic (exact) mass is 347 g/mol. The van der Waals surface area contributed by atoms with Gasteiger partial charge in [-0.25, -0.2) is 4.98 Å². The minimum absolute atomic E-state index is 0.0238. The van der Waals surface area contributed by atoms with Crippen molar-refractivity contribution in [1.29, 1.82) is 0 Å². The lowest BCUT2D eigenvalue weighted by atomic mass is 10.0. The molecule has 1 aromatic heterocycles. The van der Waals surface area contributed by atoms with Crippen molar-refractivity contribution in [2.45, 2.75) is 110 Å². The molecule has 0 radical (unpaired) electrons. The minimum Gasteiger partial charge on any atom is -0.341 e. The third kappa shape index (κ3) is 12.0. The zero-order valence-corrected chi connectivity index (χ0v) is 16.7. The maximum atomic E-state index is 5.82. The van der Waals surface area contributed by atoms with Crippen molar-refractivity contribution in [2.24, 2.45) is 5.73 Å². The molecule has 0 fully saturated rings. The highest BCUT2D eigenvalue weighted by atomic mass is 14.9. The average Bonchev–Trinajstić information content (AvgIpc) is 3.07. The number of rotatable bonds is 16. The number of H-pyrrole nitrogens is 1. The van der Waals surface area contributed by atoms with E-state index < -0.39 is 0 Å². The molecular formula is C22H41N3. The van der Waals surface area contributed by atoms with Crippen LogP contribution in [0.15, 0.2) is 12.3 Å². The van der Waals surface area contributed by atoms with E-state index in [1.54, 1.807) is 0 Å². The molecule has 0 saturated heterocycles. The number of nitrogens with two attached hydrogens (primary N) is 1. The molecule has 1 unspecified atom stereocenters. The third-order valence-corrected chi connectivity index (χ3v) is 4.86. The van der Waals surface area contributed by atoms with Gasteiger partial charge in [0.05, 0.1) is 11.9 Å². The summed E-state index contributed by atoms with van der Waals surface area (Å²) in [6.07, 6.45) is 25.6. The Morgan fingerprint density at radius 3 is 1.92 bits per heavy atom. The number of unbranched alkanes of at least 4 members (excludes halogenated alkanes) is 13. The second-order valence-corrected chi connectivity index (χ2v) is 7.45. The summed E-state index contributed by atoms with van der Waals surface area (Å²) in [7, 11) is 0.